The lowest BCUT2D eigenvalue weighted by atomic mass is 10.0. The van der Waals surface area contributed by atoms with Crippen molar-refractivity contribution in [3.63, 3.8) is 0 Å². The number of hydrogen-bond acceptors (Lipinski definition) is 3. The van der Waals surface area contributed by atoms with Crippen molar-refractivity contribution in [1.29, 1.82) is 0 Å². The molecule has 0 radical (unpaired) electrons. The second-order valence-electron chi connectivity index (χ2n) is 5.34. The zero-order chi connectivity index (χ0) is 14.7. The summed E-state index contributed by atoms with van der Waals surface area (Å²) in [6.07, 6.45) is -0.200. The molecule has 3 unspecified atom stereocenters. The van der Waals surface area contributed by atoms with Crippen molar-refractivity contribution in [2.24, 2.45) is 11.7 Å². The zero-order valence-corrected chi connectivity index (χ0v) is 13.1. The summed E-state index contributed by atoms with van der Waals surface area (Å²) < 4.78 is 18.6. The number of nitrogens with zero attached hydrogens (tertiary/aromatic N) is 1. The number of amides is 1. The van der Waals surface area contributed by atoms with Crippen LogP contribution in [0.5, 0.6) is 0 Å². The second kappa shape index (κ2) is 7.73. The first-order chi connectivity index (χ1) is 9.49. The summed E-state index contributed by atoms with van der Waals surface area (Å²) in [6.45, 7) is 5.23. The van der Waals surface area contributed by atoms with E-state index in [0.29, 0.717) is 19.7 Å². The normalized spacial score (nSPS) is 21.3. The van der Waals surface area contributed by atoms with Crippen molar-refractivity contribution in [2.45, 2.75) is 26.0 Å². The maximum absolute atomic E-state index is 12.9. The van der Waals surface area contributed by atoms with Crippen LogP contribution in [0.4, 0.5) is 4.39 Å². The topological polar surface area (TPSA) is 55.6 Å². The standard InChI is InChI=1S/C15H21FN2O2.ClH/c1-10(11(2)17)15(19)18-7-8-20-14(9-18)12-3-5-13(16)6-4-12;/h3-6,10-11,14H,7-9,17H2,1-2H3;1H. The van der Waals surface area contributed by atoms with Gasteiger partial charge in [0.15, 0.2) is 0 Å². The van der Waals surface area contributed by atoms with Gasteiger partial charge in [-0.15, -0.1) is 12.4 Å². The minimum Gasteiger partial charge on any atom is -0.370 e. The Balaban J connectivity index is 0.00000220. The van der Waals surface area contributed by atoms with E-state index in [9.17, 15) is 9.18 Å². The Morgan fingerprint density at radius 2 is 2.00 bits per heavy atom. The SMILES string of the molecule is CC(N)C(C)C(=O)N1CCOC(c2ccc(F)cc2)C1.Cl. The van der Waals surface area contributed by atoms with Crippen LogP contribution in [0, 0.1) is 11.7 Å². The molecule has 1 fully saturated rings. The molecule has 1 aromatic carbocycles. The van der Waals surface area contributed by atoms with Crippen LogP contribution in [-0.2, 0) is 9.53 Å². The summed E-state index contributed by atoms with van der Waals surface area (Å²) in [6, 6.07) is 6.04. The Labute approximate surface area is 130 Å². The molecule has 0 bridgehead atoms. The monoisotopic (exact) mass is 316 g/mol. The summed E-state index contributed by atoms with van der Waals surface area (Å²) in [5, 5.41) is 0. The summed E-state index contributed by atoms with van der Waals surface area (Å²) in [5.74, 6) is -0.430. The molecular formula is C15H22ClFN2O2. The largest absolute Gasteiger partial charge is 0.370 e. The number of hydrogen-bond donors (Lipinski definition) is 1. The molecule has 0 spiro atoms. The molecular weight excluding hydrogens is 295 g/mol. The fourth-order valence-electron chi connectivity index (χ4n) is 2.24. The van der Waals surface area contributed by atoms with E-state index in [1.807, 2.05) is 13.8 Å². The van der Waals surface area contributed by atoms with Gasteiger partial charge in [0.1, 0.15) is 11.9 Å². The van der Waals surface area contributed by atoms with Crippen molar-refractivity contribution in [3.05, 3.63) is 35.6 Å². The predicted octanol–water partition coefficient (Wildman–Crippen LogP) is 2.13. The van der Waals surface area contributed by atoms with Gasteiger partial charge >= 0.3 is 0 Å². The molecule has 0 aliphatic carbocycles. The first kappa shape index (κ1) is 17.9. The number of halogens is 2. The fourth-order valence-corrected chi connectivity index (χ4v) is 2.24. The van der Waals surface area contributed by atoms with E-state index < -0.39 is 0 Å². The lowest BCUT2D eigenvalue weighted by Gasteiger charge is -2.35. The van der Waals surface area contributed by atoms with Crippen LogP contribution in [0.3, 0.4) is 0 Å². The highest BCUT2D eigenvalue weighted by Gasteiger charge is 2.29. The Bertz CT molecular complexity index is 467. The first-order valence-electron chi connectivity index (χ1n) is 6.90. The lowest BCUT2D eigenvalue weighted by molar-refractivity contribution is -0.143. The molecule has 4 nitrogen and oxygen atoms in total. The fraction of sp³-hybridized carbons (Fsp3) is 0.533. The van der Waals surface area contributed by atoms with E-state index in [2.05, 4.69) is 0 Å². The number of rotatable bonds is 3. The molecule has 2 rings (SSSR count). The van der Waals surface area contributed by atoms with Crippen molar-refractivity contribution in [2.75, 3.05) is 19.7 Å². The quantitative estimate of drug-likeness (QED) is 0.929. The molecule has 118 valence electrons. The van der Waals surface area contributed by atoms with Gasteiger partial charge in [-0.1, -0.05) is 19.1 Å². The molecule has 2 N–H and O–H groups in total. The molecule has 1 amide bonds. The van der Waals surface area contributed by atoms with E-state index in [1.165, 1.54) is 12.1 Å². The van der Waals surface area contributed by atoms with Gasteiger partial charge in [-0.25, -0.2) is 4.39 Å². The van der Waals surface area contributed by atoms with Crippen LogP contribution in [0.2, 0.25) is 0 Å². The van der Waals surface area contributed by atoms with Gasteiger partial charge in [0.2, 0.25) is 5.91 Å². The second-order valence-corrected chi connectivity index (χ2v) is 5.34. The van der Waals surface area contributed by atoms with Crippen LogP contribution < -0.4 is 5.73 Å². The third-order valence-corrected chi connectivity index (χ3v) is 3.80. The third-order valence-electron chi connectivity index (χ3n) is 3.80. The number of carbonyl (C=O) groups excluding carboxylic acids is 1. The number of morpholine rings is 1. The van der Waals surface area contributed by atoms with Crippen LogP contribution in [0.1, 0.15) is 25.5 Å². The highest BCUT2D eigenvalue weighted by Crippen LogP contribution is 2.23. The highest BCUT2D eigenvalue weighted by molar-refractivity contribution is 5.85. The molecule has 0 aromatic heterocycles. The lowest BCUT2D eigenvalue weighted by Crippen LogP contribution is -2.47. The van der Waals surface area contributed by atoms with Gasteiger partial charge in [-0.05, 0) is 24.6 Å². The molecule has 1 aliphatic heterocycles. The van der Waals surface area contributed by atoms with Crippen LogP contribution in [0.15, 0.2) is 24.3 Å². The molecule has 0 saturated carbocycles. The smallest absolute Gasteiger partial charge is 0.227 e. The molecule has 1 aliphatic rings. The Hall–Kier alpha value is -1.17. The van der Waals surface area contributed by atoms with Crippen molar-refractivity contribution in [1.82, 2.24) is 4.90 Å². The number of nitrogens with two attached hydrogens (primary N) is 1. The highest BCUT2D eigenvalue weighted by atomic mass is 35.5. The molecule has 1 aromatic rings. The van der Waals surface area contributed by atoms with Crippen molar-refractivity contribution < 1.29 is 13.9 Å². The molecule has 21 heavy (non-hydrogen) atoms. The van der Waals surface area contributed by atoms with Gasteiger partial charge in [0.25, 0.3) is 0 Å². The molecule has 1 heterocycles. The average Bonchev–Trinajstić information content (AvgIpc) is 2.46. The number of benzene rings is 1. The number of carbonyl (C=O) groups is 1. The number of ether oxygens (including phenoxy) is 1. The van der Waals surface area contributed by atoms with E-state index in [-0.39, 0.29) is 42.2 Å². The Morgan fingerprint density at radius 3 is 2.57 bits per heavy atom. The van der Waals surface area contributed by atoms with Crippen LogP contribution in [-0.4, -0.2) is 36.5 Å². The van der Waals surface area contributed by atoms with Gasteiger partial charge < -0.3 is 15.4 Å². The van der Waals surface area contributed by atoms with E-state index in [1.54, 1.807) is 17.0 Å². The van der Waals surface area contributed by atoms with E-state index in [0.717, 1.165) is 5.56 Å². The van der Waals surface area contributed by atoms with Gasteiger partial charge in [-0.3, -0.25) is 4.79 Å². The molecule has 1 saturated heterocycles. The summed E-state index contributed by atoms with van der Waals surface area (Å²) in [4.78, 5) is 14.1. The Morgan fingerprint density at radius 1 is 1.38 bits per heavy atom. The summed E-state index contributed by atoms with van der Waals surface area (Å²) in [7, 11) is 0. The van der Waals surface area contributed by atoms with Crippen molar-refractivity contribution >= 4 is 18.3 Å². The van der Waals surface area contributed by atoms with Gasteiger partial charge in [0, 0.05) is 12.6 Å². The van der Waals surface area contributed by atoms with E-state index >= 15 is 0 Å². The predicted molar refractivity (Wildman–Crippen MR) is 81.7 cm³/mol. The maximum atomic E-state index is 12.9. The summed E-state index contributed by atoms with van der Waals surface area (Å²) in [5.41, 5.74) is 6.67. The zero-order valence-electron chi connectivity index (χ0n) is 12.3. The van der Waals surface area contributed by atoms with Crippen molar-refractivity contribution in [3.8, 4) is 0 Å². The van der Waals surface area contributed by atoms with Crippen LogP contribution >= 0.6 is 12.4 Å². The maximum Gasteiger partial charge on any atom is 0.227 e. The van der Waals surface area contributed by atoms with E-state index in [4.69, 9.17) is 10.5 Å². The Kier molecular flexibility index (Phi) is 6.58. The third kappa shape index (κ3) is 4.40. The van der Waals surface area contributed by atoms with Crippen LogP contribution in [0.25, 0.3) is 0 Å². The molecule has 6 heteroatoms. The molecule has 3 atom stereocenters. The van der Waals surface area contributed by atoms with Gasteiger partial charge in [-0.2, -0.15) is 0 Å². The average molecular weight is 317 g/mol. The summed E-state index contributed by atoms with van der Waals surface area (Å²) >= 11 is 0. The first-order valence-corrected chi connectivity index (χ1v) is 6.90. The van der Waals surface area contributed by atoms with Gasteiger partial charge in [0.05, 0.1) is 19.1 Å². The minimum atomic E-state index is -0.275. The minimum absolute atomic E-state index is 0.